The molecule has 0 saturated heterocycles. The number of hydrogen-bond donors (Lipinski definition) is 1. The summed E-state index contributed by atoms with van der Waals surface area (Å²) < 4.78 is 5.59. The molecular weight excluding hydrogens is 378 g/mol. The fourth-order valence-electron chi connectivity index (χ4n) is 3.01. The zero-order valence-corrected chi connectivity index (χ0v) is 17.1. The van der Waals surface area contributed by atoms with E-state index < -0.39 is 0 Å². The number of nitrogens with one attached hydrogen (secondary N) is 1. The van der Waals surface area contributed by atoms with Gasteiger partial charge >= 0.3 is 0 Å². The van der Waals surface area contributed by atoms with Gasteiger partial charge in [0.25, 0.3) is 0 Å². The van der Waals surface area contributed by atoms with Crippen molar-refractivity contribution in [3.8, 4) is 22.9 Å². The Bertz CT molecular complexity index is 1100. The van der Waals surface area contributed by atoms with E-state index in [1.54, 1.807) is 18.6 Å². The third kappa shape index (κ3) is 4.32. The van der Waals surface area contributed by atoms with Gasteiger partial charge in [-0.2, -0.15) is 4.98 Å². The topological polar surface area (TPSA) is 103 Å². The predicted molar refractivity (Wildman–Crippen MR) is 113 cm³/mol. The molecule has 8 heteroatoms. The molecule has 152 valence electrons. The van der Waals surface area contributed by atoms with Gasteiger partial charge in [-0.05, 0) is 36.6 Å². The molecule has 4 heterocycles. The lowest BCUT2D eigenvalue weighted by atomic mass is 10.0. The van der Waals surface area contributed by atoms with Crippen LogP contribution >= 0.6 is 0 Å². The van der Waals surface area contributed by atoms with Crippen LogP contribution < -0.4 is 5.32 Å². The van der Waals surface area contributed by atoms with E-state index in [-0.39, 0.29) is 12.0 Å². The van der Waals surface area contributed by atoms with E-state index in [0.29, 0.717) is 23.4 Å². The Hall–Kier alpha value is -3.68. The van der Waals surface area contributed by atoms with Crippen LogP contribution in [0.2, 0.25) is 0 Å². The highest BCUT2D eigenvalue weighted by molar-refractivity contribution is 5.54. The summed E-state index contributed by atoms with van der Waals surface area (Å²) in [7, 11) is 0. The first-order valence-electron chi connectivity index (χ1n) is 9.94. The minimum atomic E-state index is -0.204. The molecule has 4 aromatic rings. The third-order valence-corrected chi connectivity index (χ3v) is 4.65. The largest absolute Gasteiger partial charge is 0.358 e. The van der Waals surface area contributed by atoms with Crippen molar-refractivity contribution in [3.63, 3.8) is 0 Å². The summed E-state index contributed by atoms with van der Waals surface area (Å²) >= 11 is 0. The molecule has 0 aromatic carbocycles. The normalized spacial score (nSPS) is 12.1. The smallest absolute Gasteiger partial charge is 0.249 e. The molecule has 0 aliphatic rings. The molecule has 0 fully saturated rings. The Balaban J connectivity index is 1.65. The van der Waals surface area contributed by atoms with E-state index in [1.807, 2.05) is 36.4 Å². The Kier molecular flexibility index (Phi) is 5.74. The highest BCUT2D eigenvalue weighted by Crippen LogP contribution is 2.27. The molecule has 0 aliphatic heterocycles. The van der Waals surface area contributed by atoms with Crippen molar-refractivity contribution in [2.75, 3.05) is 5.32 Å². The van der Waals surface area contributed by atoms with Crippen LogP contribution in [0.3, 0.4) is 0 Å². The van der Waals surface area contributed by atoms with Gasteiger partial charge in [0, 0.05) is 35.9 Å². The highest BCUT2D eigenvalue weighted by Gasteiger charge is 2.24. The van der Waals surface area contributed by atoms with Crippen LogP contribution in [0.15, 0.2) is 59.5 Å². The highest BCUT2D eigenvalue weighted by atomic mass is 16.5. The molecule has 1 N–H and O–H groups in total. The first kappa shape index (κ1) is 19.6. The lowest BCUT2D eigenvalue weighted by Gasteiger charge is -2.19. The maximum atomic E-state index is 5.59. The number of hydrogen-bond acceptors (Lipinski definition) is 8. The van der Waals surface area contributed by atoms with Gasteiger partial charge in [0.2, 0.25) is 11.7 Å². The van der Waals surface area contributed by atoms with E-state index in [0.717, 1.165) is 23.4 Å². The SMILES string of the molecule is CCc1cc(NC(c2nc(-c3ccncc3)no2)C(C)C)nc(-c2ccccn2)n1. The van der Waals surface area contributed by atoms with Gasteiger partial charge < -0.3 is 9.84 Å². The summed E-state index contributed by atoms with van der Waals surface area (Å²) in [6.07, 6.45) is 5.93. The minimum absolute atomic E-state index is 0.189. The molecule has 0 spiro atoms. The van der Waals surface area contributed by atoms with Crippen molar-refractivity contribution in [2.45, 2.75) is 33.2 Å². The second-order valence-corrected chi connectivity index (χ2v) is 7.19. The number of aromatic nitrogens is 6. The van der Waals surface area contributed by atoms with Gasteiger partial charge in [-0.1, -0.05) is 32.0 Å². The van der Waals surface area contributed by atoms with Crippen molar-refractivity contribution < 1.29 is 4.52 Å². The molecule has 0 amide bonds. The van der Waals surface area contributed by atoms with Gasteiger partial charge in [-0.3, -0.25) is 9.97 Å². The molecule has 0 bridgehead atoms. The molecule has 0 saturated carbocycles. The standard InChI is InChI=1S/C22H23N7O/c1-4-16-13-18(27-21(25-16)17-7-5-6-10-24-17)26-19(14(2)3)22-28-20(29-30-22)15-8-11-23-12-9-15/h5-14,19H,4H2,1-3H3,(H,25,26,27). The van der Waals surface area contributed by atoms with Crippen molar-refractivity contribution in [2.24, 2.45) is 5.92 Å². The van der Waals surface area contributed by atoms with Crippen LogP contribution in [0.1, 0.15) is 38.4 Å². The van der Waals surface area contributed by atoms with Crippen LogP contribution in [-0.2, 0) is 6.42 Å². The quantitative estimate of drug-likeness (QED) is 0.487. The minimum Gasteiger partial charge on any atom is -0.358 e. The second kappa shape index (κ2) is 8.77. The van der Waals surface area contributed by atoms with Crippen molar-refractivity contribution in [3.05, 3.63) is 66.6 Å². The molecular formula is C22H23N7O. The molecule has 30 heavy (non-hydrogen) atoms. The van der Waals surface area contributed by atoms with Gasteiger partial charge in [0.15, 0.2) is 5.82 Å². The average Bonchev–Trinajstić information content (AvgIpc) is 3.28. The Morgan fingerprint density at radius 3 is 2.50 bits per heavy atom. The summed E-state index contributed by atoms with van der Waals surface area (Å²) in [5, 5.41) is 7.59. The van der Waals surface area contributed by atoms with Crippen LogP contribution in [0.4, 0.5) is 5.82 Å². The van der Waals surface area contributed by atoms with Crippen molar-refractivity contribution in [1.29, 1.82) is 0 Å². The van der Waals surface area contributed by atoms with Gasteiger partial charge in [-0.25, -0.2) is 9.97 Å². The molecule has 0 radical (unpaired) electrons. The van der Waals surface area contributed by atoms with Crippen LogP contribution in [0.5, 0.6) is 0 Å². The number of anilines is 1. The first-order chi connectivity index (χ1) is 14.6. The molecule has 8 nitrogen and oxygen atoms in total. The average molecular weight is 401 g/mol. The van der Waals surface area contributed by atoms with Crippen LogP contribution in [0.25, 0.3) is 22.9 Å². The van der Waals surface area contributed by atoms with E-state index in [4.69, 9.17) is 4.52 Å². The Labute approximate surface area is 174 Å². The number of aryl methyl sites for hydroxylation is 1. The maximum absolute atomic E-state index is 5.59. The number of rotatable bonds is 7. The molecule has 4 aromatic heterocycles. The predicted octanol–water partition coefficient (Wildman–Crippen LogP) is 4.36. The summed E-state index contributed by atoms with van der Waals surface area (Å²) in [5.74, 6) is 2.51. The monoisotopic (exact) mass is 401 g/mol. The Morgan fingerprint density at radius 1 is 0.967 bits per heavy atom. The zero-order chi connectivity index (χ0) is 20.9. The lowest BCUT2D eigenvalue weighted by Crippen LogP contribution is -2.18. The number of pyridine rings is 2. The Morgan fingerprint density at radius 2 is 1.80 bits per heavy atom. The third-order valence-electron chi connectivity index (χ3n) is 4.65. The molecule has 0 aliphatic carbocycles. The maximum Gasteiger partial charge on any atom is 0.249 e. The lowest BCUT2D eigenvalue weighted by molar-refractivity contribution is 0.335. The zero-order valence-electron chi connectivity index (χ0n) is 17.1. The first-order valence-corrected chi connectivity index (χ1v) is 9.94. The van der Waals surface area contributed by atoms with Crippen molar-refractivity contribution in [1.82, 2.24) is 30.1 Å². The molecule has 1 unspecified atom stereocenters. The van der Waals surface area contributed by atoms with E-state index in [9.17, 15) is 0 Å². The van der Waals surface area contributed by atoms with Crippen molar-refractivity contribution >= 4 is 5.82 Å². The summed E-state index contributed by atoms with van der Waals surface area (Å²) in [6.45, 7) is 6.25. The van der Waals surface area contributed by atoms with Gasteiger partial charge in [-0.15, -0.1) is 0 Å². The van der Waals surface area contributed by atoms with E-state index in [1.165, 1.54) is 0 Å². The van der Waals surface area contributed by atoms with Crippen LogP contribution in [0, 0.1) is 5.92 Å². The van der Waals surface area contributed by atoms with E-state index >= 15 is 0 Å². The van der Waals surface area contributed by atoms with Crippen LogP contribution in [-0.4, -0.2) is 30.1 Å². The second-order valence-electron chi connectivity index (χ2n) is 7.19. The number of nitrogens with zero attached hydrogens (tertiary/aromatic N) is 6. The molecule has 4 rings (SSSR count). The summed E-state index contributed by atoms with van der Waals surface area (Å²) in [4.78, 5) is 22.3. The van der Waals surface area contributed by atoms with Gasteiger partial charge in [0.1, 0.15) is 17.6 Å². The summed E-state index contributed by atoms with van der Waals surface area (Å²) in [5.41, 5.74) is 2.52. The fourth-order valence-corrected chi connectivity index (χ4v) is 3.01. The van der Waals surface area contributed by atoms with Gasteiger partial charge in [0.05, 0.1) is 0 Å². The van der Waals surface area contributed by atoms with E-state index in [2.05, 4.69) is 56.2 Å². The molecule has 1 atom stereocenters. The summed E-state index contributed by atoms with van der Waals surface area (Å²) in [6, 6.07) is 11.1. The fraction of sp³-hybridized carbons (Fsp3) is 0.273.